The van der Waals surface area contributed by atoms with Crippen LogP contribution in [-0.2, 0) is 13.5 Å². The molecule has 0 spiro atoms. The summed E-state index contributed by atoms with van der Waals surface area (Å²) in [7, 11) is 2.04. The van der Waals surface area contributed by atoms with Crippen LogP contribution in [-0.4, -0.2) is 20.3 Å². The molecule has 0 aliphatic carbocycles. The predicted octanol–water partition coefficient (Wildman–Crippen LogP) is 4.69. The average molecular weight is 398 g/mol. The van der Waals surface area contributed by atoms with Crippen molar-refractivity contribution in [2.45, 2.75) is 25.7 Å². The molecular weight excluding hydrogens is 370 g/mol. The van der Waals surface area contributed by atoms with Gasteiger partial charge in [0.05, 0.1) is 11.4 Å². The van der Waals surface area contributed by atoms with Crippen LogP contribution in [0.2, 0.25) is 0 Å². The van der Waals surface area contributed by atoms with E-state index in [4.69, 9.17) is 10.8 Å². The number of rotatable bonds is 7. The van der Waals surface area contributed by atoms with Crippen molar-refractivity contribution in [2.75, 3.05) is 0 Å². The average Bonchev–Trinajstić information content (AvgIpc) is 3.20. The Morgan fingerprint density at radius 1 is 0.933 bits per heavy atom. The summed E-state index contributed by atoms with van der Waals surface area (Å²) in [6.07, 6.45) is 12.1. The smallest absolute Gasteiger partial charge is 0.143 e. The van der Waals surface area contributed by atoms with E-state index in [0.717, 1.165) is 59.9 Å². The zero-order valence-corrected chi connectivity index (χ0v) is 17.3. The van der Waals surface area contributed by atoms with Crippen molar-refractivity contribution in [1.82, 2.24) is 14.6 Å². The van der Waals surface area contributed by atoms with Crippen LogP contribution in [0.25, 0.3) is 5.70 Å². The summed E-state index contributed by atoms with van der Waals surface area (Å²) in [6.45, 7) is 0. The maximum absolute atomic E-state index is 6.48. The summed E-state index contributed by atoms with van der Waals surface area (Å²) in [6, 6.07) is 20.4. The second kappa shape index (κ2) is 9.37. The number of nitrogens with zero attached hydrogens (tertiary/aromatic N) is 4. The largest absolute Gasteiger partial charge is 0.338 e. The molecule has 5 heteroatoms. The van der Waals surface area contributed by atoms with E-state index in [0.29, 0.717) is 0 Å². The molecule has 1 aliphatic rings. The molecule has 4 rings (SSSR count). The SMILES string of the molecule is Cn1ccnc1CCCC/C=C1/N=C(c2ccccc2)C=C(c2ccccc2)N1N. The highest BCUT2D eigenvalue weighted by Gasteiger charge is 2.19. The second-order valence-electron chi connectivity index (χ2n) is 7.39. The van der Waals surface area contributed by atoms with Gasteiger partial charge in [0.1, 0.15) is 11.6 Å². The lowest BCUT2D eigenvalue weighted by Crippen LogP contribution is -2.31. The fraction of sp³-hybridized carbons (Fsp3) is 0.200. The topological polar surface area (TPSA) is 59.4 Å². The third kappa shape index (κ3) is 4.58. The first-order valence-electron chi connectivity index (χ1n) is 10.3. The lowest BCUT2D eigenvalue weighted by atomic mass is 10.0. The Morgan fingerprint density at radius 3 is 2.30 bits per heavy atom. The minimum absolute atomic E-state index is 0.784. The molecule has 0 atom stereocenters. The van der Waals surface area contributed by atoms with Crippen molar-refractivity contribution in [2.24, 2.45) is 17.9 Å². The van der Waals surface area contributed by atoms with Crippen LogP contribution in [0.4, 0.5) is 0 Å². The van der Waals surface area contributed by atoms with Gasteiger partial charge in [-0.2, -0.15) is 0 Å². The van der Waals surface area contributed by atoms with E-state index in [1.165, 1.54) is 0 Å². The summed E-state index contributed by atoms with van der Waals surface area (Å²) < 4.78 is 2.08. The molecule has 0 saturated carbocycles. The number of nitrogens with two attached hydrogens (primary N) is 1. The molecule has 0 saturated heterocycles. The number of allylic oxidation sites excluding steroid dienone is 2. The van der Waals surface area contributed by atoms with E-state index in [-0.39, 0.29) is 0 Å². The van der Waals surface area contributed by atoms with Gasteiger partial charge in [-0.15, -0.1) is 0 Å². The summed E-state index contributed by atoms with van der Waals surface area (Å²) in [5, 5.41) is 1.69. The van der Waals surface area contributed by atoms with Gasteiger partial charge in [0.2, 0.25) is 0 Å². The predicted molar refractivity (Wildman–Crippen MR) is 122 cm³/mol. The highest BCUT2D eigenvalue weighted by molar-refractivity contribution is 6.13. The Kier molecular flexibility index (Phi) is 6.20. The Bertz CT molecular complexity index is 1060. The molecule has 0 bridgehead atoms. The van der Waals surface area contributed by atoms with E-state index in [2.05, 4.69) is 46.0 Å². The molecule has 30 heavy (non-hydrogen) atoms. The first-order chi connectivity index (χ1) is 14.7. The highest BCUT2D eigenvalue weighted by Crippen LogP contribution is 2.27. The first kappa shape index (κ1) is 19.9. The number of hydrogen-bond acceptors (Lipinski definition) is 4. The standard InChI is InChI=1S/C25H27N5/c1-29-18-17-27-24(29)15-9-4-10-16-25-28-22(20-11-5-2-6-12-20)19-23(30(25)26)21-13-7-3-8-14-21/h2-3,5-8,11-14,16-19H,4,9-10,15,26H2,1H3/b25-16-. The van der Waals surface area contributed by atoms with E-state index in [1.54, 1.807) is 5.01 Å². The van der Waals surface area contributed by atoms with E-state index < -0.39 is 0 Å². The molecule has 0 fully saturated rings. The maximum atomic E-state index is 6.48. The lowest BCUT2D eigenvalue weighted by Gasteiger charge is -2.27. The van der Waals surface area contributed by atoms with Crippen LogP contribution >= 0.6 is 0 Å². The molecule has 2 N–H and O–H groups in total. The van der Waals surface area contributed by atoms with E-state index in [9.17, 15) is 0 Å². The fourth-order valence-electron chi connectivity index (χ4n) is 3.56. The number of hydrogen-bond donors (Lipinski definition) is 1. The van der Waals surface area contributed by atoms with Gasteiger partial charge in [0, 0.05) is 31.4 Å². The monoisotopic (exact) mass is 397 g/mol. The normalized spacial score (nSPS) is 15.3. The van der Waals surface area contributed by atoms with Gasteiger partial charge >= 0.3 is 0 Å². The van der Waals surface area contributed by atoms with Crippen molar-refractivity contribution in [3.8, 4) is 0 Å². The first-order valence-corrected chi connectivity index (χ1v) is 10.3. The van der Waals surface area contributed by atoms with Crippen LogP contribution in [0.1, 0.15) is 36.2 Å². The second-order valence-corrected chi connectivity index (χ2v) is 7.39. The van der Waals surface area contributed by atoms with Gasteiger partial charge in [0.25, 0.3) is 0 Å². The highest BCUT2D eigenvalue weighted by atomic mass is 15.5. The molecule has 1 aliphatic heterocycles. The summed E-state index contributed by atoms with van der Waals surface area (Å²) in [5.41, 5.74) is 4.03. The zero-order chi connectivity index (χ0) is 20.8. The minimum Gasteiger partial charge on any atom is -0.338 e. The molecule has 0 unspecified atom stereocenters. The van der Waals surface area contributed by atoms with Crippen molar-refractivity contribution in [3.63, 3.8) is 0 Å². The van der Waals surface area contributed by atoms with Crippen LogP contribution in [0.3, 0.4) is 0 Å². The Hall–Kier alpha value is -3.44. The molecule has 1 aromatic heterocycles. The van der Waals surface area contributed by atoms with Gasteiger partial charge in [-0.1, -0.05) is 60.7 Å². The van der Waals surface area contributed by atoms with Gasteiger partial charge in [-0.25, -0.2) is 15.8 Å². The summed E-state index contributed by atoms with van der Waals surface area (Å²) in [4.78, 5) is 9.25. The van der Waals surface area contributed by atoms with Crippen LogP contribution in [0, 0.1) is 0 Å². The third-order valence-corrected chi connectivity index (χ3v) is 5.26. The molecule has 0 amide bonds. The Labute approximate surface area is 177 Å². The fourth-order valence-corrected chi connectivity index (χ4v) is 3.56. The number of aliphatic imine (C=N–C) groups is 1. The van der Waals surface area contributed by atoms with Crippen LogP contribution in [0.15, 0.2) is 96.0 Å². The summed E-state index contributed by atoms with van der Waals surface area (Å²) >= 11 is 0. The van der Waals surface area contributed by atoms with Crippen molar-refractivity contribution < 1.29 is 0 Å². The number of unbranched alkanes of at least 4 members (excludes halogenated alkanes) is 2. The number of hydrazine groups is 1. The third-order valence-electron chi connectivity index (χ3n) is 5.26. The number of imidazole rings is 1. The zero-order valence-electron chi connectivity index (χ0n) is 17.3. The molecule has 3 aromatic rings. The minimum atomic E-state index is 0.784. The molecule has 0 radical (unpaired) electrons. The van der Waals surface area contributed by atoms with Crippen molar-refractivity contribution in [3.05, 3.63) is 108 Å². The number of aryl methyl sites for hydroxylation is 2. The number of aromatic nitrogens is 2. The lowest BCUT2D eigenvalue weighted by molar-refractivity contribution is 0.504. The number of benzene rings is 2. The van der Waals surface area contributed by atoms with Gasteiger partial charge in [-0.3, -0.25) is 5.01 Å². The molecule has 2 aromatic carbocycles. The van der Waals surface area contributed by atoms with Crippen LogP contribution in [0.5, 0.6) is 0 Å². The van der Waals surface area contributed by atoms with Gasteiger partial charge < -0.3 is 4.57 Å². The molecule has 2 heterocycles. The van der Waals surface area contributed by atoms with Gasteiger partial charge in [-0.05, 0) is 37.0 Å². The van der Waals surface area contributed by atoms with E-state index >= 15 is 0 Å². The van der Waals surface area contributed by atoms with E-state index in [1.807, 2.05) is 55.8 Å². The summed E-state index contributed by atoms with van der Waals surface area (Å²) in [5.74, 6) is 8.39. The molecule has 152 valence electrons. The Morgan fingerprint density at radius 2 is 1.63 bits per heavy atom. The Balaban J connectivity index is 1.52. The van der Waals surface area contributed by atoms with Crippen molar-refractivity contribution >= 4 is 11.4 Å². The molecule has 5 nitrogen and oxygen atoms in total. The van der Waals surface area contributed by atoms with Gasteiger partial charge in [0.15, 0.2) is 0 Å². The molecular formula is C25H27N5. The maximum Gasteiger partial charge on any atom is 0.143 e. The van der Waals surface area contributed by atoms with Crippen LogP contribution < -0.4 is 5.84 Å². The quantitative estimate of drug-likeness (QED) is 0.465. The van der Waals surface area contributed by atoms with Crippen molar-refractivity contribution in [1.29, 1.82) is 0 Å².